The Kier molecular flexibility index (Phi) is 4.74. The van der Waals surface area contributed by atoms with Gasteiger partial charge >= 0.3 is 0 Å². The van der Waals surface area contributed by atoms with E-state index in [0.29, 0.717) is 5.69 Å². The van der Waals surface area contributed by atoms with Crippen LogP contribution in [0.5, 0.6) is 0 Å². The predicted molar refractivity (Wildman–Crippen MR) is 101 cm³/mol. The molecule has 0 radical (unpaired) electrons. The molecular weight excluding hydrogens is 396 g/mol. The zero-order chi connectivity index (χ0) is 18.1. The number of carbonyl (C=O) groups is 2. The number of halogens is 1. The quantitative estimate of drug-likeness (QED) is 0.732. The topological polar surface area (TPSA) is 59.2 Å². The van der Waals surface area contributed by atoms with Gasteiger partial charge in [0.25, 0.3) is 11.7 Å². The number of rotatable bonds is 3. The maximum absolute atomic E-state index is 13.0. The van der Waals surface area contributed by atoms with Crippen molar-refractivity contribution in [3.63, 3.8) is 0 Å². The second-order valence-corrected chi connectivity index (χ2v) is 7.52. The van der Waals surface area contributed by atoms with Crippen molar-refractivity contribution < 1.29 is 19.5 Å². The Morgan fingerprint density at radius 3 is 2.46 bits per heavy atom. The summed E-state index contributed by atoms with van der Waals surface area (Å²) in [6, 6.07) is 13.1. The van der Waals surface area contributed by atoms with Gasteiger partial charge in [-0.1, -0.05) is 18.2 Å². The van der Waals surface area contributed by atoms with Gasteiger partial charge in [-0.05, 0) is 34.1 Å². The lowest BCUT2D eigenvalue weighted by Crippen LogP contribution is -3.19. The highest BCUT2D eigenvalue weighted by atomic mass is 79.9. The van der Waals surface area contributed by atoms with Gasteiger partial charge in [-0.3, -0.25) is 14.5 Å². The molecule has 0 spiro atoms. The number of quaternary nitrogens is 1. The van der Waals surface area contributed by atoms with Gasteiger partial charge < -0.3 is 4.90 Å². The molecule has 0 bridgehead atoms. The molecule has 2 saturated heterocycles. The molecule has 0 aliphatic carbocycles. The predicted octanol–water partition coefficient (Wildman–Crippen LogP) is 0.300. The molecule has 0 saturated carbocycles. The van der Waals surface area contributed by atoms with E-state index in [2.05, 4.69) is 31.9 Å². The van der Waals surface area contributed by atoms with Crippen LogP contribution in [-0.2, 0) is 9.59 Å². The number of imide groups is 1. The number of piperazine rings is 1. The van der Waals surface area contributed by atoms with Crippen LogP contribution in [0.15, 0.2) is 53.1 Å². The number of aromatic amines is 1. The molecule has 1 atom stereocenters. The first kappa shape index (κ1) is 17.2. The Morgan fingerprint density at radius 1 is 1.04 bits per heavy atom. The number of para-hydroxylation sites is 1. The largest absolute Gasteiger partial charge is 0.318 e. The fraction of sp³-hybridized carbons (Fsp3) is 0.316. The molecule has 1 aromatic carbocycles. The van der Waals surface area contributed by atoms with Crippen LogP contribution in [0.4, 0.5) is 11.5 Å². The van der Waals surface area contributed by atoms with E-state index in [1.165, 1.54) is 9.80 Å². The van der Waals surface area contributed by atoms with Crippen LogP contribution >= 0.6 is 15.9 Å². The lowest BCUT2D eigenvalue weighted by atomic mass is 10.1. The molecule has 2 N–H and O–H groups in total. The van der Waals surface area contributed by atoms with E-state index in [4.69, 9.17) is 0 Å². The van der Waals surface area contributed by atoms with E-state index in [0.717, 1.165) is 36.5 Å². The highest BCUT2D eigenvalue weighted by molar-refractivity contribution is 9.10. The summed E-state index contributed by atoms with van der Waals surface area (Å²) in [4.78, 5) is 33.6. The van der Waals surface area contributed by atoms with Crippen molar-refractivity contribution in [2.24, 2.45) is 0 Å². The minimum absolute atomic E-state index is 0.0865. The standard InChI is InChI=1S/C19H19BrN4O2/c20-14-5-1-2-6-15(14)24-18(25)13-16(19(24)26)22-9-11-23(12-10-22)17-7-3-4-8-21-17/h1-8,16H,9-13H2/p+2/t16-/m0/s1. The van der Waals surface area contributed by atoms with E-state index in [-0.39, 0.29) is 24.3 Å². The van der Waals surface area contributed by atoms with Gasteiger partial charge in [0.2, 0.25) is 5.91 Å². The minimum Gasteiger partial charge on any atom is -0.318 e. The molecule has 0 unspecified atom stereocenters. The summed E-state index contributed by atoms with van der Waals surface area (Å²) in [6.45, 7) is 3.41. The summed E-state index contributed by atoms with van der Waals surface area (Å²) in [7, 11) is 0. The van der Waals surface area contributed by atoms with Gasteiger partial charge in [-0.2, -0.15) is 0 Å². The van der Waals surface area contributed by atoms with Crippen LogP contribution in [0.25, 0.3) is 0 Å². The average molecular weight is 417 g/mol. The molecule has 3 heterocycles. The molecule has 2 amide bonds. The van der Waals surface area contributed by atoms with E-state index in [1.54, 1.807) is 6.07 Å². The minimum atomic E-state index is -0.281. The van der Waals surface area contributed by atoms with Gasteiger partial charge in [-0.25, -0.2) is 9.88 Å². The molecule has 2 aromatic rings. The van der Waals surface area contributed by atoms with Gasteiger partial charge in [0.1, 0.15) is 26.2 Å². The molecular formula is C19H21BrN4O2+2. The SMILES string of the molecule is O=C1C[C@H]([NH+]2CCN(c3cccc[nH+]3)CC2)C(=O)N1c1ccccc1Br. The van der Waals surface area contributed by atoms with Crippen molar-refractivity contribution in [1.82, 2.24) is 0 Å². The fourth-order valence-electron chi connectivity index (χ4n) is 3.80. The van der Waals surface area contributed by atoms with Gasteiger partial charge in [0.15, 0.2) is 6.04 Å². The van der Waals surface area contributed by atoms with Crippen molar-refractivity contribution in [2.75, 3.05) is 36.0 Å². The Balaban J connectivity index is 1.46. The number of anilines is 2. The Labute approximate surface area is 160 Å². The first-order valence-corrected chi connectivity index (χ1v) is 9.62. The number of pyridine rings is 1. The van der Waals surface area contributed by atoms with Crippen molar-refractivity contribution in [2.45, 2.75) is 12.5 Å². The summed E-state index contributed by atoms with van der Waals surface area (Å²) >= 11 is 3.45. The summed E-state index contributed by atoms with van der Waals surface area (Å²) in [5.74, 6) is 0.894. The number of H-pyrrole nitrogens is 1. The highest BCUT2D eigenvalue weighted by Crippen LogP contribution is 2.29. The van der Waals surface area contributed by atoms with E-state index < -0.39 is 0 Å². The second kappa shape index (κ2) is 7.17. The third-order valence-corrected chi connectivity index (χ3v) is 5.84. The molecule has 2 aliphatic rings. The molecule has 7 heteroatoms. The Hall–Kier alpha value is -2.25. The number of benzene rings is 1. The van der Waals surface area contributed by atoms with Crippen molar-refractivity contribution in [1.29, 1.82) is 0 Å². The first-order valence-electron chi connectivity index (χ1n) is 8.83. The second-order valence-electron chi connectivity index (χ2n) is 6.67. The maximum atomic E-state index is 13.0. The van der Waals surface area contributed by atoms with Gasteiger partial charge in [0.05, 0.1) is 18.3 Å². The van der Waals surface area contributed by atoms with Crippen LogP contribution in [0.1, 0.15) is 6.42 Å². The molecule has 2 fully saturated rings. The van der Waals surface area contributed by atoms with Crippen LogP contribution in [0.3, 0.4) is 0 Å². The smallest absolute Gasteiger partial charge is 0.292 e. The number of hydrogen-bond donors (Lipinski definition) is 1. The normalized spacial score (nSPS) is 21.5. The fourth-order valence-corrected chi connectivity index (χ4v) is 4.26. The van der Waals surface area contributed by atoms with Crippen LogP contribution in [0.2, 0.25) is 0 Å². The zero-order valence-corrected chi connectivity index (χ0v) is 15.9. The van der Waals surface area contributed by atoms with Crippen molar-refractivity contribution in [3.05, 3.63) is 53.1 Å². The highest BCUT2D eigenvalue weighted by Gasteiger charge is 2.47. The molecule has 134 valence electrons. The number of aromatic nitrogens is 1. The Bertz CT molecular complexity index is 821. The monoisotopic (exact) mass is 416 g/mol. The summed E-state index contributed by atoms with van der Waals surface area (Å²) in [5.41, 5.74) is 0.641. The maximum Gasteiger partial charge on any atom is 0.292 e. The molecule has 2 aliphatic heterocycles. The third kappa shape index (κ3) is 3.12. The number of carbonyl (C=O) groups excluding carboxylic acids is 2. The molecule has 26 heavy (non-hydrogen) atoms. The van der Waals surface area contributed by atoms with E-state index in [9.17, 15) is 9.59 Å². The number of hydrogen-bond acceptors (Lipinski definition) is 3. The van der Waals surface area contributed by atoms with Gasteiger partial charge in [0, 0.05) is 10.5 Å². The summed E-state index contributed by atoms with van der Waals surface area (Å²) < 4.78 is 0.766. The Morgan fingerprint density at radius 2 is 1.77 bits per heavy atom. The van der Waals surface area contributed by atoms with E-state index >= 15 is 0 Å². The lowest BCUT2D eigenvalue weighted by Gasteiger charge is -2.31. The van der Waals surface area contributed by atoms with Crippen LogP contribution < -0.4 is 19.7 Å². The lowest BCUT2D eigenvalue weighted by molar-refractivity contribution is -0.915. The zero-order valence-electron chi connectivity index (χ0n) is 14.3. The average Bonchev–Trinajstić information content (AvgIpc) is 2.97. The third-order valence-electron chi connectivity index (χ3n) is 5.17. The number of amides is 2. The molecule has 4 rings (SSSR count). The summed E-state index contributed by atoms with van der Waals surface area (Å²) in [6.07, 6.45) is 2.20. The number of nitrogens with zero attached hydrogens (tertiary/aromatic N) is 2. The van der Waals surface area contributed by atoms with Gasteiger partial charge in [-0.15, -0.1) is 0 Å². The number of nitrogens with one attached hydrogen (secondary N) is 2. The molecule has 6 nitrogen and oxygen atoms in total. The van der Waals surface area contributed by atoms with Crippen molar-refractivity contribution in [3.8, 4) is 0 Å². The first-order chi connectivity index (χ1) is 12.6. The van der Waals surface area contributed by atoms with Crippen LogP contribution in [-0.4, -0.2) is 44.0 Å². The summed E-state index contributed by atoms with van der Waals surface area (Å²) in [5, 5.41) is 0. The van der Waals surface area contributed by atoms with Crippen molar-refractivity contribution >= 4 is 39.2 Å². The van der Waals surface area contributed by atoms with Crippen LogP contribution in [0, 0.1) is 0 Å². The molecule has 1 aromatic heterocycles. The van der Waals surface area contributed by atoms with E-state index in [1.807, 2.05) is 36.5 Å².